The lowest BCUT2D eigenvalue weighted by Crippen LogP contribution is -2.40. The molecular formula is C16H26BrNS. The van der Waals surface area contributed by atoms with E-state index in [1.54, 1.807) is 0 Å². The lowest BCUT2D eigenvalue weighted by atomic mass is 9.77. The van der Waals surface area contributed by atoms with Gasteiger partial charge in [-0.15, -0.1) is 11.3 Å². The molecule has 2 rings (SSSR count). The van der Waals surface area contributed by atoms with Crippen LogP contribution in [0.3, 0.4) is 0 Å². The Morgan fingerprint density at radius 3 is 2.95 bits per heavy atom. The highest BCUT2D eigenvalue weighted by Gasteiger charge is 2.26. The van der Waals surface area contributed by atoms with Crippen LogP contribution < -0.4 is 5.32 Å². The van der Waals surface area contributed by atoms with Crippen LogP contribution in [0.2, 0.25) is 0 Å². The standard InChI is InChI=1S/C16H26BrNS/c1-3-7-18-16(10-15-9-14(17)11-19-15)13-6-4-5-12(2)8-13/h9,11-13,16,18H,3-8,10H2,1-2H3. The van der Waals surface area contributed by atoms with E-state index in [1.165, 1.54) is 47.9 Å². The van der Waals surface area contributed by atoms with E-state index in [2.05, 4.69) is 46.5 Å². The molecule has 1 aromatic rings. The molecule has 1 aliphatic carbocycles. The number of thiophene rings is 1. The van der Waals surface area contributed by atoms with E-state index in [0.29, 0.717) is 6.04 Å². The van der Waals surface area contributed by atoms with Crippen molar-refractivity contribution in [2.45, 2.75) is 58.4 Å². The first kappa shape index (κ1) is 15.5. The van der Waals surface area contributed by atoms with Crippen molar-refractivity contribution >= 4 is 27.3 Å². The Hall–Kier alpha value is 0.140. The van der Waals surface area contributed by atoms with Gasteiger partial charge in [0.15, 0.2) is 0 Å². The molecule has 1 aromatic heterocycles. The third kappa shape index (κ3) is 4.87. The van der Waals surface area contributed by atoms with Gasteiger partial charge in [-0.2, -0.15) is 0 Å². The summed E-state index contributed by atoms with van der Waals surface area (Å²) in [5, 5.41) is 6.01. The first-order valence-electron chi connectivity index (χ1n) is 7.65. The van der Waals surface area contributed by atoms with Crippen molar-refractivity contribution in [2.24, 2.45) is 11.8 Å². The minimum absolute atomic E-state index is 0.674. The van der Waals surface area contributed by atoms with E-state index in [0.717, 1.165) is 18.4 Å². The van der Waals surface area contributed by atoms with Crippen LogP contribution in [0, 0.1) is 11.8 Å². The molecule has 0 spiro atoms. The van der Waals surface area contributed by atoms with Gasteiger partial charge >= 0.3 is 0 Å². The Morgan fingerprint density at radius 2 is 2.32 bits per heavy atom. The number of hydrogen-bond acceptors (Lipinski definition) is 2. The Kier molecular flexibility index (Phi) is 6.37. The van der Waals surface area contributed by atoms with Gasteiger partial charge in [-0.1, -0.05) is 26.7 Å². The van der Waals surface area contributed by atoms with Crippen LogP contribution in [0.15, 0.2) is 15.9 Å². The van der Waals surface area contributed by atoms with E-state index in [9.17, 15) is 0 Å². The molecule has 108 valence electrons. The molecule has 3 unspecified atom stereocenters. The highest BCUT2D eigenvalue weighted by Crippen LogP contribution is 2.33. The lowest BCUT2D eigenvalue weighted by molar-refractivity contribution is 0.221. The molecule has 0 aliphatic heterocycles. The Bertz CT molecular complexity index is 377. The quantitative estimate of drug-likeness (QED) is 0.743. The minimum Gasteiger partial charge on any atom is -0.313 e. The van der Waals surface area contributed by atoms with Crippen LogP contribution in [-0.2, 0) is 6.42 Å². The highest BCUT2D eigenvalue weighted by atomic mass is 79.9. The number of nitrogens with one attached hydrogen (secondary N) is 1. The van der Waals surface area contributed by atoms with E-state index >= 15 is 0 Å². The molecule has 1 N–H and O–H groups in total. The summed E-state index contributed by atoms with van der Waals surface area (Å²) < 4.78 is 1.23. The van der Waals surface area contributed by atoms with E-state index in [-0.39, 0.29) is 0 Å². The highest BCUT2D eigenvalue weighted by molar-refractivity contribution is 9.10. The van der Waals surface area contributed by atoms with Crippen LogP contribution in [0.5, 0.6) is 0 Å². The van der Waals surface area contributed by atoms with Crippen molar-refractivity contribution in [1.29, 1.82) is 0 Å². The monoisotopic (exact) mass is 343 g/mol. The Labute approximate surface area is 130 Å². The fraction of sp³-hybridized carbons (Fsp3) is 0.750. The third-order valence-corrected chi connectivity index (χ3v) is 5.97. The predicted molar refractivity (Wildman–Crippen MR) is 88.9 cm³/mol. The summed E-state index contributed by atoms with van der Waals surface area (Å²) in [7, 11) is 0. The molecule has 0 aromatic carbocycles. The molecule has 19 heavy (non-hydrogen) atoms. The van der Waals surface area contributed by atoms with Crippen molar-refractivity contribution in [3.8, 4) is 0 Å². The molecule has 1 nitrogen and oxygen atoms in total. The Balaban J connectivity index is 1.97. The van der Waals surface area contributed by atoms with Crippen molar-refractivity contribution in [3.05, 3.63) is 20.8 Å². The average molecular weight is 344 g/mol. The molecule has 3 heteroatoms. The average Bonchev–Trinajstić information content (AvgIpc) is 2.80. The maximum absolute atomic E-state index is 3.81. The summed E-state index contributed by atoms with van der Waals surface area (Å²) in [6, 6.07) is 2.96. The summed E-state index contributed by atoms with van der Waals surface area (Å²) in [5.74, 6) is 1.79. The zero-order valence-corrected chi connectivity index (χ0v) is 14.5. The topological polar surface area (TPSA) is 12.0 Å². The van der Waals surface area contributed by atoms with Gasteiger partial charge in [0.05, 0.1) is 0 Å². The lowest BCUT2D eigenvalue weighted by Gasteiger charge is -2.34. The van der Waals surface area contributed by atoms with Crippen molar-refractivity contribution in [3.63, 3.8) is 0 Å². The van der Waals surface area contributed by atoms with Crippen molar-refractivity contribution in [2.75, 3.05) is 6.54 Å². The maximum atomic E-state index is 3.81. The van der Waals surface area contributed by atoms with Gasteiger partial charge in [0, 0.05) is 20.8 Å². The smallest absolute Gasteiger partial charge is 0.0285 e. The van der Waals surface area contributed by atoms with Crippen LogP contribution in [0.4, 0.5) is 0 Å². The fourth-order valence-corrected chi connectivity index (χ4v) is 4.77. The molecule has 0 saturated heterocycles. The largest absolute Gasteiger partial charge is 0.313 e. The van der Waals surface area contributed by atoms with E-state index in [4.69, 9.17) is 0 Å². The summed E-state index contributed by atoms with van der Waals surface area (Å²) in [4.78, 5) is 1.51. The summed E-state index contributed by atoms with van der Waals surface area (Å²) in [6.45, 7) is 5.84. The van der Waals surface area contributed by atoms with Crippen LogP contribution >= 0.6 is 27.3 Å². The molecule has 1 heterocycles. The van der Waals surface area contributed by atoms with Gasteiger partial charge < -0.3 is 5.32 Å². The number of hydrogen-bond donors (Lipinski definition) is 1. The minimum atomic E-state index is 0.674. The second kappa shape index (κ2) is 7.80. The van der Waals surface area contributed by atoms with Crippen LogP contribution in [0.1, 0.15) is 50.8 Å². The zero-order valence-electron chi connectivity index (χ0n) is 12.1. The normalized spacial score (nSPS) is 25.4. The van der Waals surface area contributed by atoms with Gasteiger partial charge in [-0.25, -0.2) is 0 Å². The molecule has 1 aliphatic rings. The summed E-state index contributed by atoms with van der Waals surface area (Å²) >= 11 is 5.46. The van der Waals surface area contributed by atoms with Crippen molar-refractivity contribution < 1.29 is 0 Å². The van der Waals surface area contributed by atoms with Crippen molar-refractivity contribution in [1.82, 2.24) is 5.32 Å². The molecule has 3 atom stereocenters. The van der Waals surface area contributed by atoms with Gasteiger partial charge in [0.1, 0.15) is 0 Å². The first-order chi connectivity index (χ1) is 9.19. The SMILES string of the molecule is CCCNC(Cc1cc(Br)cs1)C1CCCC(C)C1. The number of rotatable bonds is 6. The molecule has 0 amide bonds. The van der Waals surface area contributed by atoms with Gasteiger partial charge in [-0.05, 0) is 66.1 Å². The second-order valence-electron chi connectivity index (χ2n) is 6.03. The molecule has 0 radical (unpaired) electrons. The fourth-order valence-electron chi connectivity index (χ4n) is 3.26. The molecule has 0 bridgehead atoms. The maximum Gasteiger partial charge on any atom is 0.0285 e. The third-order valence-electron chi connectivity index (χ3n) is 4.25. The van der Waals surface area contributed by atoms with Crippen LogP contribution in [-0.4, -0.2) is 12.6 Å². The summed E-state index contributed by atoms with van der Waals surface area (Å²) in [5.41, 5.74) is 0. The van der Waals surface area contributed by atoms with E-state index < -0.39 is 0 Å². The Morgan fingerprint density at radius 1 is 1.47 bits per heavy atom. The second-order valence-corrected chi connectivity index (χ2v) is 7.94. The molecule has 1 saturated carbocycles. The zero-order chi connectivity index (χ0) is 13.7. The van der Waals surface area contributed by atoms with E-state index in [1.807, 2.05) is 11.3 Å². The van der Waals surface area contributed by atoms with Gasteiger partial charge in [-0.3, -0.25) is 0 Å². The molecular weight excluding hydrogens is 318 g/mol. The molecule has 1 fully saturated rings. The van der Waals surface area contributed by atoms with Crippen LogP contribution in [0.25, 0.3) is 0 Å². The number of halogens is 1. The van der Waals surface area contributed by atoms with Gasteiger partial charge in [0.25, 0.3) is 0 Å². The predicted octanol–water partition coefficient (Wildman–Crippen LogP) is 5.25. The first-order valence-corrected chi connectivity index (χ1v) is 9.32. The van der Waals surface area contributed by atoms with Gasteiger partial charge in [0.2, 0.25) is 0 Å². The summed E-state index contributed by atoms with van der Waals surface area (Å²) in [6.07, 6.45) is 8.11.